The summed E-state index contributed by atoms with van der Waals surface area (Å²) in [5, 5.41) is 4.93. The number of fused-ring (bicyclic) bond motifs is 1. The van der Waals surface area contributed by atoms with Crippen molar-refractivity contribution in [3.8, 4) is 5.75 Å². The zero-order valence-electron chi connectivity index (χ0n) is 15.1. The third-order valence-electron chi connectivity index (χ3n) is 4.08. The summed E-state index contributed by atoms with van der Waals surface area (Å²) < 4.78 is 10.2. The van der Waals surface area contributed by atoms with E-state index in [1.165, 1.54) is 12.0 Å². The predicted octanol–water partition coefficient (Wildman–Crippen LogP) is 4.06. The number of methoxy groups -OCH3 is 1. The highest BCUT2D eigenvalue weighted by Crippen LogP contribution is 2.21. The first-order chi connectivity index (χ1) is 13.1. The minimum absolute atomic E-state index is 0.0951. The number of hydrogen-bond acceptors (Lipinski definition) is 4. The summed E-state index contributed by atoms with van der Waals surface area (Å²) in [6.07, 6.45) is -0.462. The summed E-state index contributed by atoms with van der Waals surface area (Å²) in [6.45, 7) is -0.0951. The standard InChI is InChI=1S/C21H20N2O4/c1-23(21(25)26-2)18-10-8-17(9-11-18)22-20(24)14-27-19-12-7-15-5-3-4-6-16(15)13-19/h3-13H,14H2,1-2H3,(H,22,24). The molecular weight excluding hydrogens is 344 g/mol. The van der Waals surface area contributed by atoms with Crippen LogP contribution in [0.3, 0.4) is 0 Å². The van der Waals surface area contributed by atoms with E-state index in [1.54, 1.807) is 31.3 Å². The Morgan fingerprint density at radius 2 is 1.67 bits per heavy atom. The Morgan fingerprint density at radius 3 is 2.37 bits per heavy atom. The molecule has 0 atom stereocenters. The topological polar surface area (TPSA) is 67.9 Å². The van der Waals surface area contributed by atoms with Gasteiger partial charge in [-0.3, -0.25) is 9.69 Å². The fourth-order valence-corrected chi connectivity index (χ4v) is 2.61. The van der Waals surface area contributed by atoms with E-state index < -0.39 is 6.09 Å². The molecule has 0 spiro atoms. The Bertz CT molecular complexity index is 954. The van der Waals surface area contributed by atoms with Crippen LogP contribution in [0.1, 0.15) is 0 Å². The number of rotatable bonds is 5. The maximum absolute atomic E-state index is 12.1. The van der Waals surface area contributed by atoms with Crippen LogP contribution in [-0.2, 0) is 9.53 Å². The lowest BCUT2D eigenvalue weighted by atomic mass is 10.1. The Hall–Kier alpha value is -3.54. The third kappa shape index (κ3) is 4.55. The summed E-state index contributed by atoms with van der Waals surface area (Å²) >= 11 is 0. The van der Waals surface area contributed by atoms with Gasteiger partial charge >= 0.3 is 6.09 Å². The molecule has 3 aromatic carbocycles. The van der Waals surface area contributed by atoms with Crippen molar-refractivity contribution in [2.45, 2.75) is 0 Å². The fraction of sp³-hybridized carbons (Fsp3) is 0.143. The fourth-order valence-electron chi connectivity index (χ4n) is 2.61. The molecule has 138 valence electrons. The number of carbonyl (C=O) groups excluding carboxylic acids is 2. The summed E-state index contributed by atoms with van der Waals surface area (Å²) in [5.41, 5.74) is 1.27. The van der Waals surface area contributed by atoms with Crippen LogP contribution in [0.25, 0.3) is 10.8 Å². The molecule has 27 heavy (non-hydrogen) atoms. The molecule has 0 saturated heterocycles. The van der Waals surface area contributed by atoms with Gasteiger partial charge in [0.05, 0.1) is 7.11 Å². The van der Waals surface area contributed by atoms with Crippen molar-refractivity contribution < 1.29 is 19.1 Å². The summed E-state index contributed by atoms with van der Waals surface area (Å²) in [6, 6.07) is 20.5. The second kappa shape index (κ2) is 8.23. The SMILES string of the molecule is COC(=O)N(C)c1ccc(NC(=O)COc2ccc3ccccc3c2)cc1. The van der Waals surface area contributed by atoms with E-state index in [0.29, 0.717) is 17.1 Å². The van der Waals surface area contributed by atoms with Crippen molar-refractivity contribution in [2.75, 3.05) is 31.0 Å². The van der Waals surface area contributed by atoms with Gasteiger partial charge in [-0.05, 0) is 47.2 Å². The van der Waals surface area contributed by atoms with Crippen LogP contribution in [0.4, 0.5) is 16.2 Å². The van der Waals surface area contributed by atoms with Gasteiger partial charge in [-0.1, -0.05) is 30.3 Å². The van der Waals surface area contributed by atoms with Gasteiger partial charge in [0.25, 0.3) is 5.91 Å². The molecule has 0 heterocycles. The normalized spacial score (nSPS) is 10.3. The number of nitrogens with one attached hydrogen (secondary N) is 1. The van der Waals surface area contributed by atoms with Crippen molar-refractivity contribution >= 4 is 34.1 Å². The highest BCUT2D eigenvalue weighted by molar-refractivity contribution is 5.93. The van der Waals surface area contributed by atoms with Crippen molar-refractivity contribution in [3.05, 3.63) is 66.7 Å². The second-order valence-electron chi connectivity index (χ2n) is 5.92. The average Bonchev–Trinajstić information content (AvgIpc) is 2.71. The molecule has 1 N–H and O–H groups in total. The van der Waals surface area contributed by atoms with Crippen molar-refractivity contribution in [2.24, 2.45) is 0 Å². The molecule has 6 nitrogen and oxygen atoms in total. The zero-order valence-corrected chi connectivity index (χ0v) is 15.1. The predicted molar refractivity (Wildman–Crippen MR) is 105 cm³/mol. The summed E-state index contributed by atoms with van der Waals surface area (Å²) in [4.78, 5) is 25.0. The number of ether oxygens (including phenoxy) is 2. The van der Waals surface area contributed by atoms with Gasteiger partial charge in [0.2, 0.25) is 0 Å². The highest BCUT2D eigenvalue weighted by Gasteiger charge is 2.11. The molecule has 0 aliphatic heterocycles. The number of anilines is 2. The number of amides is 2. The molecule has 0 aliphatic carbocycles. The van der Waals surface area contributed by atoms with Crippen LogP contribution in [0.15, 0.2) is 66.7 Å². The number of carbonyl (C=O) groups is 2. The van der Waals surface area contributed by atoms with Gasteiger partial charge in [-0.15, -0.1) is 0 Å². The lowest BCUT2D eigenvalue weighted by molar-refractivity contribution is -0.118. The van der Waals surface area contributed by atoms with Crippen molar-refractivity contribution in [3.63, 3.8) is 0 Å². The number of benzene rings is 3. The van der Waals surface area contributed by atoms with Gasteiger partial charge in [-0.25, -0.2) is 4.79 Å². The molecule has 2 amide bonds. The quantitative estimate of drug-likeness (QED) is 0.741. The van der Waals surface area contributed by atoms with E-state index in [-0.39, 0.29) is 12.5 Å². The smallest absolute Gasteiger partial charge is 0.413 e. The first kappa shape index (κ1) is 18.3. The highest BCUT2D eigenvalue weighted by atomic mass is 16.5. The van der Waals surface area contributed by atoms with Crippen LogP contribution in [0.5, 0.6) is 5.75 Å². The third-order valence-corrected chi connectivity index (χ3v) is 4.08. The van der Waals surface area contributed by atoms with E-state index in [9.17, 15) is 9.59 Å². The van der Waals surface area contributed by atoms with Gasteiger partial charge in [-0.2, -0.15) is 0 Å². The number of hydrogen-bond donors (Lipinski definition) is 1. The van der Waals surface area contributed by atoms with Crippen LogP contribution in [-0.4, -0.2) is 32.8 Å². The van der Waals surface area contributed by atoms with E-state index in [4.69, 9.17) is 4.74 Å². The lowest BCUT2D eigenvalue weighted by Crippen LogP contribution is -2.25. The molecule has 0 radical (unpaired) electrons. The monoisotopic (exact) mass is 364 g/mol. The number of nitrogens with zero attached hydrogens (tertiary/aromatic N) is 1. The van der Waals surface area contributed by atoms with Crippen molar-refractivity contribution in [1.29, 1.82) is 0 Å². The van der Waals surface area contributed by atoms with Gasteiger partial charge in [0, 0.05) is 18.4 Å². The Kier molecular flexibility index (Phi) is 5.56. The van der Waals surface area contributed by atoms with Gasteiger partial charge in [0.15, 0.2) is 6.61 Å². The molecule has 3 aromatic rings. The van der Waals surface area contributed by atoms with E-state index >= 15 is 0 Å². The molecule has 0 saturated carbocycles. The molecule has 0 fully saturated rings. The molecule has 0 bridgehead atoms. The zero-order chi connectivity index (χ0) is 19.2. The van der Waals surface area contributed by atoms with Crippen molar-refractivity contribution in [1.82, 2.24) is 0 Å². The molecule has 0 unspecified atom stereocenters. The Morgan fingerprint density at radius 1 is 0.963 bits per heavy atom. The Balaban J connectivity index is 1.56. The van der Waals surface area contributed by atoms with E-state index in [0.717, 1.165) is 10.8 Å². The Labute approximate surface area is 157 Å². The average molecular weight is 364 g/mol. The second-order valence-corrected chi connectivity index (χ2v) is 5.92. The largest absolute Gasteiger partial charge is 0.484 e. The molecule has 3 rings (SSSR count). The summed E-state index contributed by atoms with van der Waals surface area (Å²) in [7, 11) is 2.93. The van der Waals surface area contributed by atoms with Crippen LogP contribution in [0, 0.1) is 0 Å². The maximum atomic E-state index is 12.1. The van der Waals surface area contributed by atoms with Crippen LogP contribution < -0.4 is 15.0 Å². The first-order valence-electron chi connectivity index (χ1n) is 8.40. The molecule has 6 heteroatoms. The molecule has 0 aromatic heterocycles. The first-order valence-corrected chi connectivity index (χ1v) is 8.40. The molecule has 0 aliphatic rings. The summed E-state index contributed by atoms with van der Waals surface area (Å²) in [5.74, 6) is 0.371. The van der Waals surface area contributed by atoms with Gasteiger partial charge in [0.1, 0.15) is 5.75 Å². The van der Waals surface area contributed by atoms with E-state index in [1.807, 2.05) is 42.5 Å². The van der Waals surface area contributed by atoms with Crippen LogP contribution in [0.2, 0.25) is 0 Å². The van der Waals surface area contributed by atoms with Gasteiger partial charge < -0.3 is 14.8 Å². The molecular formula is C21H20N2O4. The minimum atomic E-state index is -0.462. The van der Waals surface area contributed by atoms with E-state index in [2.05, 4.69) is 10.1 Å². The van der Waals surface area contributed by atoms with Crippen LogP contribution >= 0.6 is 0 Å². The maximum Gasteiger partial charge on any atom is 0.413 e. The lowest BCUT2D eigenvalue weighted by Gasteiger charge is -2.16. The minimum Gasteiger partial charge on any atom is -0.484 e.